The van der Waals surface area contributed by atoms with Crippen molar-refractivity contribution in [2.45, 2.75) is 11.8 Å². The summed E-state index contributed by atoms with van der Waals surface area (Å²) in [5.41, 5.74) is 1.84. The van der Waals surface area contributed by atoms with Crippen molar-refractivity contribution in [1.82, 2.24) is 0 Å². The minimum atomic E-state index is -3.86. The van der Waals surface area contributed by atoms with Gasteiger partial charge in [0.05, 0.1) is 4.90 Å². The molecular weight excluding hydrogens is 403 g/mol. The lowest BCUT2D eigenvalue weighted by Crippen LogP contribution is -2.15. The fraction of sp³-hybridized carbons (Fsp3) is 0.0500. The summed E-state index contributed by atoms with van der Waals surface area (Å²) in [5, 5.41) is 3.28. The molecule has 0 aliphatic rings. The first-order chi connectivity index (χ1) is 13.3. The van der Waals surface area contributed by atoms with Gasteiger partial charge in [0.1, 0.15) is 5.82 Å². The number of benzene rings is 3. The average molecular weight is 419 g/mol. The number of amides is 1. The van der Waals surface area contributed by atoms with Crippen molar-refractivity contribution in [2.75, 3.05) is 10.0 Å². The molecule has 0 fully saturated rings. The first-order valence-corrected chi connectivity index (χ1v) is 10.1. The largest absolute Gasteiger partial charge is 0.322 e. The molecule has 0 heterocycles. The van der Waals surface area contributed by atoms with Crippen LogP contribution >= 0.6 is 11.6 Å². The van der Waals surface area contributed by atoms with Crippen molar-refractivity contribution in [3.8, 4) is 0 Å². The molecule has 5 nitrogen and oxygen atoms in total. The predicted molar refractivity (Wildman–Crippen MR) is 108 cm³/mol. The minimum Gasteiger partial charge on any atom is -0.322 e. The number of sulfonamides is 1. The van der Waals surface area contributed by atoms with Gasteiger partial charge in [-0.1, -0.05) is 17.7 Å². The lowest BCUT2D eigenvalue weighted by molar-refractivity contribution is 0.102. The van der Waals surface area contributed by atoms with Crippen molar-refractivity contribution in [2.24, 2.45) is 0 Å². The first-order valence-electron chi connectivity index (χ1n) is 8.21. The number of rotatable bonds is 5. The van der Waals surface area contributed by atoms with Crippen LogP contribution in [0.25, 0.3) is 0 Å². The fourth-order valence-electron chi connectivity index (χ4n) is 2.45. The van der Waals surface area contributed by atoms with Crippen molar-refractivity contribution in [3.63, 3.8) is 0 Å². The number of hydrogen-bond donors (Lipinski definition) is 2. The van der Waals surface area contributed by atoms with Crippen molar-refractivity contribution in [1.29, 1.82) is 0 Å². The SMILES string of the molecule is Cc1c(Cl)cccc1NC(=O)c1ccc(S(=O)(=O)Nc2ccc(F)cc2)cc1. The Morgan fingerprint density at radius 3 is 2.25 bits per heavy atom. The van der Waals surface area contributed by atoms with Crippen LogP contribution in [-0.2, 0) is 10.0 Å². The fourth-order valence-corrected chi connectivity index (χ4v) is 3.69. The summed E-state index contributed by atoms with van der Waals surface area (Å²) in [7, 11) is -3.86. The molecule has 8 heteroatoms. The van der Waals surface area contributed by atoms with Crippen molar-refractivity contribution < 1.29 is 17.6 Å². The summed E-state index contributed by atoms with van der Waals surface area (Å²) in [4.78, 5) is 12.4. The van der Waals surface area contributed by atoms with E-state index in [4.69, 9.17) is 11.6 Å². The molecule has 3 aromatic carbocycles. The van der Waals surface area contributed by atoms with Gasteiger partial charge in [0, 0.05) is 22.0 Å². The number of carbonyl (C=O) groups excluding carboxylic acids is 1. The van der Waals surface area contributed by atoms with E-state index in [1.54, 1.807) is 25.1 Å². The van der Waals surface area contributed by atoms with E-state index in [-0.39, 0.29) is 16.5 Å². The third-order valence-electron chi connectivity index (χ3n) is 4.04. The normalized spacial score (nSPS) is 11.1. The van der Waals surface area contributed by atoms with Crippen LogP contribution in [0, 0.1) is 12.7 Å². The van der Waals surface area contributed by atoms with E-state index in [9.17, 15) is 17.6 Å². The van der Waals surface area contributed by atoms with Gasteiger partial charge in [0.25, 0.3) is 15.9 Å². The number of hydrogen-bond acceptors (Lipinski definition) is 3. The highest BCUT2D eigenvalue weighted by Gasteiger charge is 2.16. The molecule has 0 atom stereocenters. The van der Waals surface area contributed by atoms with Crippen LogP contribution in [0.3, 0.4) is 0 Å². The smallest absolute Gasteiger partial charge is 0.261 e. The van der Waals surface area contributed by atoms with E-state index >= 15 is 0 Å². The Morgan fingerprint density at radius 1 is 0.964 bits per heavy atom. The zero-order valence-electron chi connectivity index (χ0n) is 14.7. The Hall–Kier alpha value is -2.90. The standard InChI is InChI=1S/C20H16ClFN2O3S/c1-13-18(21)3-2-4-19(13)23-20(25)14-5-11-17(12-6-14)28(26,27)24-16-9-7-15(22)8-10-16/h2-12,24H,1H3,(H,23,25). The molecule has 1 amide bonds. The first kappa shape index (κ1) is 19.9. The summed E-state index contributed by atoms with van der Waals surface area (Å²) in [6, 6.07) is 15.6. The van der Waals surface area contributed by atoms with Gasteiger partial charge >= 0.3 is 0 Å². The highest BCUT2D eigenvalue weighted by molar-refractivity contribution is 7.92. The quantitative estimate of drug-likeness (QED) is 0.622. The van der Waals surface area contributed by atoms with Gasteiger partial charge in [0.2, 0.25) is 0 Å². The summed E-state index contributed by atoms with van der Waals surface area (Å²) in [6.45, 7) is 1.79. The summed E-state index contributed by atoms with van der Waals surface area (Å²) < 4.78 is 40.1. The van der Waals surface area contributed by atoms with E-state index in [1.807, 2.05) is 0 Å². The molecule has 0 spiro atoms. The summed E-state index contributed by atoms with van der Waals surface area (Å²) in [5.74, 6) is -0.853. The molecule has 0 aliphatic carbocycles. The molecule has 3 aromatic rings. The molecule has 0 saturated heterocycles. The van der Waals surface area contributed by atoms with Gasteiger partial charge in [-0.15, -0.1) is 0 Å². The molecule has 0 aromatic heterocycles. The molecule has 3 rings (SSSR count). The molecule has 144 valence electrons. The highest BCUT2D eigenvalue weighted by Crippen LogP contribution is 2.24. The molecule has 0 radical (unpaired) electrons. The minimum absolute atomic E-state index is 0.0210. The van der Waals surface area contributed by atoms with Crippen LogP contribution in [0.5, 0.6) is 0 Å². The number of nitrogens with one attached hydrogen (secondary N) is 2. The molecule has 28 heavy (non-hydrogen) atoms. The topological polar surface area (TPSA) is 75.3 Å². The second kappa shape index (κ2) is 8.00. The number of halogens is 2. The maximum absolute atomic E-state index is 12.9. The Labute approximate surface area is 167 Å². The third kappa shape index (κ3) is 4.49. The van der Waals surface area contributed by atoms with Crippen molar-refractivity contribution >= 4 is 38.9 Å². The Kier molecular flexibility index (Phi) is 5.67. The Bertz CT molecular complexity index is 1120. The number of carbonyl (C=O) groups is 1. The maximum Gasteiger partial charge on any atom is 0.261 e. The lowest BCUT2D eigenvalue weighted by atomic mass is 10.1. The molecular formula is C20H16ClFN2O3S. The molecule has 0 bridgehead atoms. The van der Waals surface area contributed by atoms with Gasteiger partial charge in [-0.25, -0.2) is 12.8 Å². The predicted octanol–water partition coefficient (Wildman–Crippen LogP) is 4.84. The van der Waals surface area contributed by atoms with Gasteiger partial charge in [-0.2, -0.15) is 0 Å². The highest BCUT2D eigenvalue weighted by atomic mass is 35.5. The molecule has 0 unspecified atom stereocenters. The summed E-state index contributed by atoms with van der Waals surface area (Å²) >= 11 is 6.04. The van der Waals surface area contributed by atoms with Crippen LogP contribution in [0.4, 0.5) is 15.8 Å². The third-order valence-corrected chi connectivity index (χ3v) is 5.85. The van der Waals surface area contributed by atoms with E-state index in [0.29, 0.717) is 16.3 Å². The summed E-state index contributed by atoms with van der Waals surface area (Å²) in [6.07, 6.45) is 0. The van der Waals surface area contributed by atoms with Crippen LogP contribution in [0.1, 0.15) is 15.9 Å². The monoisotopic (exact) mass is 418 g/mol. The molecule has 0 saturated carbocycles. The van der Waals surface area contributed by atoms with Crippen LogP contribution in [0.15, 0.2) is 71.6 Å². The van der Waals surface area contributed by atoms with Gasteiger partial charge in [-0.3, -0.25) is 9.52 Å². The zero-order valence-corrected chi connectivity index (χ0v) is 16.3. The van der Waals surface area contributed by atoms with Crippen LogP contribution < -0.4 is 10.0 Å². The van der Waals surface area contributed by atoms with Gasteiger partial charge in [0.15, 0.2) is 0 Å². The van der Waals surface area contributed by atoms with E-state index in [2.05, 4.69) is 10.0 Å². The number of anilines is 2. The zero-order chi connectivity index (χ0) is 20.3. The van der Waals surface area contributed by atoms with Crippen LogP contribution in [0.2, 0.25) is 5.02 Å². The second-order valence-corrected chi connectivity index (χ2v) is 8.09. The average Bonchev–Trinajstić information content (AvgIpc) is 2.67. The molecule has 2 N–H and O–H groups in total. The Morgan fingerprint density at radius 2 is 1.61 bits per heavy atom. The second-order valence-electron chi connectivity index (χ2n) is 6.00. The maximum atomic E-state index is 12.9. The lowest BCUT2D eigenvalue weighted by Gasteiger charge is -2.11. The van der Waals surface area contributed by atoms with Crippen molar-refractivity contribution in [3.05, 3.63) is 88.7 Å². The van der Waals surface area contributed by atoms with E-state index in [0.717, 1.165) is 17.7 Å². The molecule has 0 aliphatic heterocycles. The van der Waals surface area contributed by atoms with E-state index < -0.39 is 15.8 Å². The Balaban J connectivity index is 1.76. The van der Waals surface area contributed by atoms with Gasteiger partial charge in [-0.05, 0) is 73.2 Å². The van der Waals surface area contributed by atoms with Crippen LogP contribution in [-0.4, -0.2) is 14.3 Å². The van der Waals surface area contributed by atoms with Gasteiger partial charge < -0.3 is 5.32 Å². The van der Waals surface area contributed by atoms with E-state index in [1.165, 1.54) is 36.4 Å².